The number of hydrogen-bond acceptors (Lipinski definition) is 6. The lowest BCUT2D eigenvalue weighted by Crippen LogP contribution is -2.51. The highest BCUT2D eigenvalue weighted by atomic mass is 16.5. The molecule has 1 aromatic carbocycles. The average molecular weight is 419 g/mol. The molecular weight excluding hydrogens is 392 g/mol. The monoisotopic (exact) mass is 418 g/mol. The Morgan fingerprint density at radius 2 is 1.68 bits per heavy atom. The van der Waals surface area contributed by atoms with Gasteiger partial charge in [0.2, 0.25) is 5.91 Å². The second-order valence-corrected chi connectivity index (χ2v) is 8.21. The Morgan fingerprint density at radius 1 is 0.968 bits per heavy atom. The third-order valence-corrected chi connectivity index (χ3v) is 6.27. The molecule has 1 saturated heterocycles. The summed E-state index contributed by atoms with van der Waals surface area (Å²) in [7, 11) is 1.66. The summed E-state index contributed by atoms with van der Waals surface area (Å²) in [6.45, 7) is 4.78. The normalized spacial score (nSPS) is 17.5. The van der Waals surface area contributed by atoms with E-state index in [0.29, 0.717) is 18.9 Å². The number of aromatic nitrogens is 4. The summed E-state index contributed by atoms with van der Waals surface area (Å²) in [5.74, 6) is 2.53. The van der Waals surface area contributed by atoms with Crippen LogP contribution in [0.4, 0.5) is 5.82 Å². The van der Waals surface area contributed by atoms with E-state index in [-0.39, 0.29) is 5.91 Å². The molecule has 0 unspecified atom stereocenters. The lowest BCUT2D eigenvalue weighted by Gasteiger charge is -2.37. The minimum atomic E-state index is -0.419. The standard InChI is InChI=1S/C23H26N6O2/c1-17-9-12-29(26-17)21-8-7-20(24-25-21)27-13-15-28(16-14-27)22(30)23(10-11-23)18-5-3-4-6-19(18)31-2/h3-9,12H,10-11,13-16H2,1-2H3. The first-order valence-corrected chi connectivity index (χ1v) is 10.6. The van der Waals surface area contributed by atoms with Gasteiger partial charge >= 0.3 is 0 Å². The van der Waals surface area contributed by atoms with Crippen LogP contribution in [0.3, 0.4) is 0 Å². The maximum atomic E-state index is 13.4. The molecule has 2 fully saturated rings. The van der Waals surface area contributed by atoms with Crippen LogP contribution < -0.4 is 9.64 Å². The van der Waals surface area contributed by atoms with Crippen LogP contribution in [0.15, 0.2) is 48.7 Å². The van der Waals surface area contributed by atoms with Gasteiger partial charge in [0, 0.05) is 37.9 Å². The maximum Gasteiger partial charge on any atom is 0.233 e. The van der Waals surface area contributed by atoms with Crippen LogP contribution in [0.2, 0.25) is 0 Å². The van der Waals surface area contributed by atoms with Gasteiger partial charge in [-0.1, -0.05) is 18.2 Å². The number of carbonyl (C=O) groups excluding carboxylic acids is 1. The van der Waals surface area contributed by atoms with E-state index in [1.54, 1.807) is 11.8 Å². The first kappa shape index (κ1) is 19.5. The van der Waals surface area contributed by atoms with Gasteiger partial charge in [-0.2, -0.15) is 5.10 Å². The van der Waals surface area contributed by atoms with Crippen molar-refractivity contribution < 1.29 is 9.53 Å². The van der Waals surface area contributed by atoms with Gasteiger partial charge in [-0.15, -0.1) is 10.2 Å². The molecule has 1 aliphatic carbocycles. The summed E-state index contributed by atoms with van der Waals surface area (Å²) in [6, 6.07) is 13.7. The lowest BCUT2D eigenvalue weighted by atomic mass is 9.93. The van der Waals surface area contributed by atoms with Gasteiger partial charge < -0.3 is 14.5 Å². The Hall–Kier alpha value is -3.42. The number of benzene rings is 1. The zero-order valence-corrected chi connectivity index (χ0v) is 17.9. The second-order valence-electron chi connectivity index (χ2n) is 8.21. The van der Waals surface area contributed by atoms with Crippen molar-refractivity contribution in [1.82, 2.24) is 24.9 Å². The van der Waals surface area contributed by atoms with Crippen LogP contribution in [0, 0.1) is 6.92 Å². The lowest BCUT2D eigenvalue weighted by molar-refractivity contribution is -0.134. The molecule has 8 heteroatoms. The number of piperazine rings is 1. The van der Waals surface area contributed by atoms with Crippen LogP contribution >= 0.6 is 0 Å². The number of anilines is 1. The molecule has 1 aliphatic heterocycles. The van der Waals surface area contributed by atoms with Crippen LogP contribution in [0.25, 0.3) is 5.82 Å². The van der Waals surface area contributed by atoms with E-state index in [1.165, 1.54) is 0 Å². The Morgan fingerprint density at radius 3 is 2.29 bits per heavy atom. The fourth-order valence-electron chi connectivity index (χ4n) is 4.36. The van der Waals surface area contributed by atoms with E-state index in [0.717, 1.165) is 48.8 Å². The number of methoxy groups -OCH3 is 1. The molecule has 0 spiro atoms. The third-order valence-electron chi connectivity index (χ3n) is 6.27. The summed E-state index contributed by atoms with van der Waals surface area (Å²) in [5.41, 5.74) is 1.53. The van der Waals surface area contributed by atoms with Crippen LogP contribution in [-0.4, -0.2) is 64.1 Å². The summed E-state index contributed by atoms with van der Waals surface area (Å²) < 4.78 is 7.24. The Kier molecular flexibility index (Phi) is 4.84. The number of para-hydroxylation sites is 1. The summed E-state index contributed by atoms with van der Waals surface area (Å²) in [6.07, 6.45) is 3.64. The minimum absolute atomic E-state index is 0.215. The number of amides is 1. The highest BCUT2D eigenvalue weighted by Crippen LogP contribution is 2.52. The first-order valence-electron chi connectivity index (χ1n) is 10.6. The first-order chi connectivity index (χ1) is 15.1. The number of carbonyl (C=O) groups is 1. The zero-order valence-electron chi connectivity index (χ0n) is 17.9. The Balaban J connectivity index is 1.25. The number of nitrogens with zero attached hydrogens (tertiary/aromatic N) is 6. The summed E-state index contributed by atoms with van der Waals surface area (Å²) in [5, 5.41) is 13.1. The molecule has 8 nitrogen and oxygen atoms in total. The van der Waals surface area contributed by atoms with Crippen molar-refractivity contribution in [2.75, 3.05) is 38.2 Å². The smallest absolute Gasteiger partial charge is 0.233 e. The van der Waals surface area contributed by atoms with E-state index in [2.05, 4.69) is 20.2 Å². The van der Waals surface area contributed by atoms with E-state index < -0.39 is 5.41 Å². The van der Waals surface area contributed by atoms with Crippen molar-refractivity contribution in [2.24, 2.45) is 0 Å². The molecule has 1 saturated carbocycles. The van der Waals surface area contributed by atoms with Gasteiger partial charge in [-0.05, 0) is 44.0 Å². The SMILES string of the molecule is COc1ccccc1C1(C(=O)N2CCN(c3ccc(-n4ccc(C)n4)nn3)CC2)CC1. The van der Waals surface area contributed by atoms with E-state index >= 15 is 0 Å². The number of aryl methyl sites for hydroxylation is 1. The molecule has 0 atom stereocenters. The van der Waals surface area contributed by atoms with Crippen molar-refractivity contribution in [2.45, 2.75) is 25.2 Å². The average Bonchev–Trinajstić information content (AvgIpc) is 3.52. The number of rotatable bonds is 5. The molecule has 3 aromatic rings. The molecule has 0 radical (unpaired) electrons. The summed E-state index contributed by atoms with van der Waals surface area (Å²) >= 11 is 0. The van der Waals surface area contributed by atoms with Crippen molar-refractivity contribution in [3.63, 3.8) is 0 Å². The van der Waals surface area contributed by atoms with Crippen LogP contribution in [-0.2, 0) is 10.2 Å². The van der Waals surface area contributed by atoms with Crippen LogP contribution in [0.5, 0.6) is 5.75 Å². The molecule has 31 heavy (non-hydrogen) atoms. The van der Waals surface area contributed by atoms with Gasteiger partial charge in [0.1, 0.15) is 5.75 Å². The second kappa shape index (κ2) is 7.68. The van der Waals surface area contributed by atoms with E-state index in [1.807, 2.05) is 60.5 Å². The number of ether oxygens (including phenoxy) is 1. The molecule has 0 N–H and O–H groups in total. The molecule has 2 aromatic heterocycles. The maximum absolute atomic E-state index is 13.4. The molecular formula is C23H26N6O2. The quantitative estimate of drug-likeness (QED) is 0.633. The largest absolute Gasteiger partial charge is 0.496 e. The predicted molar refractivity (Wildman–Crippen MR) is 117 cm³/mol. The molecule has 0 bridgehead atoms. The van der Waals surface area contributed by atoms with Gasteiger partial charge in [0.15, 0.2) is 11.6 Å². The zero-order chi connectivity index (χ0) is 21.4. The fourth-order valence-corrected chi connectivity index (χ4v) is 4.36. The van der Waals surface area contributed by atoms with Crippen LogP contribution in [0.1, 0.15) is 24.1 Å². The minimum Gasteiger partial charge on any atom is -0.496 e. The fraction of sp³-hybridized carbons (Fsp3) is 0.391. The molecule has 3 heterocycles. The van der Waals surface area contributed by atoms with E-state index in [4.69, 9.17) is 4.74 Å². The molecule has 160 valence electrons. The number of hydrogen-bond donors (Lipinski definition) is 0. The van der Waals surface area contributed by atoms with Gasteiger partial charge in [0.25, 0.3) is 0 Å². The topological polar surface area (TPSA) is 76.4 Å². The predicted octanol–water partition coefficient (Wildman–Crippen LogP) is 2.36. The van der Waals surface area contributed by atoms with Crippen molar-refractivity contribution >= 4 is 11.7 Å². The highest BCUT2D eigenvalue weighted by molar-refractivity contribution is 5.92. The summed E-state index contributed by atoms with van der Waals surface area (Å²) in [4.78, 5) is 17.6. The van der Waals surface area contributed by atoms with Crippen molar-refractivity contribution in [3.8, 4) is 11.6 Å². The van der Waals surface area contributed by atoms with E-state index in [9.17, 15) is 4.79 Å². The Bertz CT molecular complexity index is 1080. The van der Waals surface area contributed by atoms with Gasteiger partial charge in [0.05, 0.1) is 18.2 Å². The molecule has 1 amide bonds. The van der Waals surface area contributed by atoms with Crippen molar-refractivity contribution in [1.29, 1.82) is 0 Å². The third kappa shape index (κ3) is 3.52. The highest BCUT2D eigenvalue weighted by Gasteiger charge is 2.54. The van der Waals surface area contributed by atoms with Gasteiger partial charge in [-0.3, -0.25) is 4.79 Å². The molecule has 2 aliphatic rings. The Labute approximate surface area is 181 Å². The molecule has 5 rings (SSSR count). The van der Waals surface area contributed by atoms with Gasteiger partial charge in [-0.25, -0.2) is 4.68 Å². The van der Waals surface area contributed by atoms with Crippen molar-refractivity contribution in [3.05, 3.63) is 59.9 Å².